The van der Waals surface area contributed by atoms with Crippen LogP contribution in [0.1, 0.15) is 24.0 Å². The van der Waals surface area contributed by atoms with Gasteiger partial charge in [-0.1, -0.05) is 12.1 Å². The molecule has 0 atom stereocenters. The number of carbonyl (C=O) groups is 1. The van der Waals surface area contributed by atoms with Crippen LogP contribution in [0, 0.1) is 5.82 Å². The zero-order valence-electron chi connectivity index (χ0n) is 14.2. The van der Waals surface area contributed by atoms with Gasteiger partial charge in [-0.05, 0) is 60.4 Å². The average Bonchev–Trinajstić information content (AvgIpc) is 2.96. The van der Waals surface area contributed by atoms with Gasteiger partial charge in [0.25, 0.3) is 0 Å². The molecular formula is C21H19FO3. The summed E-state index contributed by atoms with van der Waals surface area (Å²) < 4.78 is 23.5. The number of carbonyl (C=O) groups excluding carboxylic acids is 1. The normalized spacial score (nSPS) is 17.3. The molecule has 0 heterocycles. The Balaban J connectivity index is 1.86. The van der Waals surface area contributed by atoms with Crippen molar-refractivity contribution in [3.05, 3.63) is 70.6 Å². The maximum atomic E-state index is 13.0. The molecule has 0 unspecified atom stereocenters. The summed E-state index contributed by atoms with van der Waals surface area (Å²) in [7, 11) is 3.19. The van der Waals surface area contributed by atoms with Gasteiger partial charge in [-0.15, -0.1) is 0 Å². The van der Waals surface area contributed by atoms with Gasteiger partial charge < -0.3 is 9.47 Å². The summed E-state index contributed by atoms with van der Waals surface area (Å²) in [6.07, 6.45) is 5.07. The molecule has 0 spiro atoms. The molecule has 0 saturated heterocycles. The van der Waals surface area contributed by atoms with Crippen LogP contribution in [0.15, 0.2) is 53.6 Å². The van der Waals surface area contributed by atoms with Crippen LogP contribution >= 0.6 is 0 Å². The van der Waals surface area contributed by atoms with Crippen LogP contribution in [-0.2, 0) is 4.79 Å². The van der Waals surface area contributed by atoms with Crippen molar-refractivity contribution in [1.29, 1.82) is 0 Å². The second-order valence-corrected chi connectivity index (χ2v) is 5.87. The van der Waals surface area contributed by atoms with Crippen LogP contribution in [0.3, 0.4) is 0 Å². The Hall–Kier alpha value is -2.88. The first-order valence-corrected chi connectivity index (χ1v) is 8.03. The predicted octanol–water partition coefficient (Wildman–Crippen LogP) is 4.67. The topological polar surface area (TPSA) is 35.5 Å². The van der Waals surface area contributed by atoms with E-state index in [-0.39, 0.29) is 11.6 Å². The van der Waals surface area contributed by atoms with Crippen molar-refractivity contribution in [2.75, 3.05) is 14.2 Å². The van der Waals surface area contributed by atoms with Crippen LogP contribution in [0.5, 0.6) is 11.5 Å². The van der Waals surface area contributed by atoms with Gasteiger partial charge in [0.05, 0.1) is 14.2 Å². The quantitative estimate of drug-likeness (QED) is 0.760. The summed E-state index contributed by atoms with van der Waals surface area (Å²) in [4.78, 5) is 12.6. The Kier molecular flexibility index (Phi) is 4.98. The van der Waals surface area contributed by atoms with Gasteiger partial charge >= 0.3 is 0 Å². The number of hydrogen-bond acceptors (Lipinski definition) is 3. The van der Waals surface area contributed by atoms with Crippen LogP contribution in [0.2, 0.25) is 0 Å². The number of ketones is 1. The minimum absolute atomic E-state index is 0.0334. The minimum Gasteiger partial charge on any atom is -0.497 e. The van der Waals surface area contributed by atoms with Crippen molar-refractivity contribution in [3.63, 3.8) is 0 Å². The van der Waals surface area contributed by atoms with E-state index in [1.54, 1.807) is 32.4 Å². The highest BCUT2D eigenvalue weighted by Gasteiger charge is 2.23. The monoisotopic (exact) mass is 338 g/mol. The molecule has 3 rings (SSSR count). The Morgan fingerprint density at radius 2 is 1.36 bits per heavy atom. The molecule has 0 N–H and O–H groups in total. The lowest BCUT2D eigenvalue weighted by Gasteiger charge is -2.06. The van der Waals surface area contributed by atoms with Crippen molar-refractivity contribution < 1.29 is 18.7 Å². The molecule has 0 radical (unpaired) electrons. The molecule has 0 aliphatic heterocycles. The number of hydrogen-bond donors (Lipinski definition) is 0. The molecule has 1 saturated carbocycles. The van der Waals surface area contributed by atoms with Crippen molar-refractivity contribution in [3.8, 4) is 11.5 Å². The SMILES string of the molecule is COc1cc(/C=C2\CC/C(=C\c3ccc(F)cc3)C2=O)cc(OC)c1. The molecule has 0 amide bonds. The number of Topliss-reactive ketones (excluding diaryl/α,β-unsaturated/α-hetero) is 1. The fourth-order valence-electron chi connectivity index (χ4n) is 2.85. The van der Waals surface area contributed by atoms with Gasteiger partial charge in [0.1, 0.15) is 17.3 Å². The highest BCUT2D eigenvalue weighted by Crippen LogP contribution is 2.31. The predicted molar refractivity (Wildman–Crippen MR) is 96.1 cm³/mol. The lowest BCUT2D eigenvalue weighted by molar-refractivity contribution is -0.111. The van der Waals surface area contributed by atoms with E-state index in [4.69, 9.17) is 9.47 Å². The van der Waals surface area contributed by atoms with Crippen molar-refractivity contribution in [2.45, 2.75) is 12.8 Å². The average molecular weight is 338 g/mol. The highest BCUT2D eigenvalue weighted by atomic mass is 19.1. The van der Waals surface area contributed by atoms with Crippen LogP contribution in [0.4, 0.5) is 4.39 Å². The maximum absolute atomic E-state index is 13.0. The highest BCUT2D eigenvalue weighted by molar-refractivity contribution is 6.15. The molecule has 3 nitrogen and oxygen atoms in total. The molecule has 0 bridgehead atoms. The van der Waals surface area contributed by atoms with Crippen LogP contribution in [0.25, 0.3) is 12.2 Å². The van der Waals surface area contributed by atoms with Gasteiger partial charge in [-0.3, -0.25) is 4.79 Å². The first-order chi connectivity index (χ1) is 12.1. The van der Waals surface area contributed by atoms with E-state index in [2.05, 4.69) is 0 Å². The van der Waals surface area contributed by atoms with Crippen LogP contribution < -0.4 is 9.47 Å². The number of benzene rings is 2. The number of methoxy groups -OCH3 is 2. The molecule has 0 aromatic heterocycles. The third-order valence-corrected chi connectivity index (χ3v) is 4.17. The van der Waals surface area contributed by atoms with Gasteiger partial charge in [0, 0.05) is 17.2 Å². The molecule has 25 heavy (non-hydrogen) atoms. The minimum atomic E-state index is -0.285. The number of rotatable bonds is 4. The number of halogens is 1. The van der Waals surface area contributed by atoms with Gasteiger partial charge in [-0.2, -0.15) is 0 Å². The van der Waals surface area contributed by atoms with E-state index in [0.717, 1.165) is 22.3 Å². The smallest absolute Gasteiger partial charge is 0.185 e. The van der Waals surface area contributed by atoms with Gasteiger partial charge in [0.2, 0.25) is 0 Å². The molecular weight excluding hydrogens is 319 g/mol. The van der Waals surface area contributed by atoms with E-state index < -0.39 is 0 Å². The third-order valence-electron chi connectivity index (χ3n) is 4.17. The molecule has 2 aromatic carbocycles. The second kappa shape index (κ2) is 7.34. The van der Waals surface area contributed by atoms with Crippen molar-refractivity contribution in [1.82, 2.24) is 0 Å². The summed E-state index contributed by atoms with van der Waals surface area (Å²) in [5, 5.41) is 0. The maximum Gasteiger partial charge on any atom is 0.185 e. The summed E-state index contributed by atoms with van der Waals surface area (Å²) in [5.41, 5.74) is 3.19. The number of allylic oxidation sites excluding steroid dienone is 2. The molecule has 1 fully saturated rings. The second-order valence-electron chi connectivity index (χ2n) is 5.87. The molecule has 4 heteroatoms. The molecule has 1 aliphatic rings. The Morgan fingerprint density at radius 3 is 1.88 bits per heavy atom. The first kappa shape index (κ1) is 17.0. The molecule has 128 valence electrons. The summed E-state index contributed by atoms with van der Waals surface area (Å²) in [5.74, 6) is 1.11. The fourth-order valence-corrected chi connectivity index (χ4v) is 2.85. The molecule has 1 aliphatic carbocycles. The van der Waals surface area contributed by atoms with E-state index in [9.17, 15) is 9.18 Å². The largest absolute Gasteiger partial charge is 0.497 e. The summed E-state index contributed by atoms with van der Waals surface area (Å²) in [6, 6.07) is 11.7. The summed E-state index contributed by atoms with van der Waals surface area (Å²) in [6.45, 7) is 0. The Bertz CT molecular complexity index is 826. The third kappa shape index (κ3) is 3.97. The standard InChI is InChI=1S/C21H19FO3/c1-24-19-11-15(12-20(13-19)25-2)10-17-6-5-16(21(17)23)9-14-3-7-18(22)8-4-14/h3-4,7-13H,5-6H2,1-2H3/b16-9+,17-10+. The van der Waals surface area contributed by atoms with Crippen LogP contribution in [-0.4, -0.2) is 20.0 Å². The fraction of sp³-hybridized carbons (Fsp3) is 0.190. The Labute approximate surface area is 146 Å². The van der Waals surface area contributed by atoms with Crippen molar-refractivity contribution in [2.24, 2.45) is 0 Å². The number of ether oxygens (including phenoxy) is 2. The molecule has 2 aromatic rings. The Morgan fingerprint density at radius 1 is 0.840 bits per heavy atom. The van der Waals surface area contributed by atoms with E-state index in [1.807, 2.05) is 24.3 Å². The lowest BCUT2D eigenvalue weighted by Crippen LogP contribution is -1.96. The summed E-state index contributed by atoms with van der Waals surface area (Å²) >= 11 is 0. The zero-order valence-corrected chi connectivity index (χ0v) is 14.2. The van der Waals surface area contributed by atoms with Crippen molar-refractivity contribution >= 4 is 17.9 Å². The van der Waals surface area contributed by atoms with Gasteiger partial charge in [-0.25, -0.2) is 4.39 Å². The first-order valence-electron chi connectivity index (χ1n) is 8.03. The van der Waals surface area contributed by atoms with Gasteiger partial charge in [0.15, 0.2) is 5.78 Å². The zero-order chi connectivity index (χ0) is 17.8. The van der Waals surface area contributed by atoms with E-state index in [0.29, 0.717) is 24.3 Å². The van der Waals surface area contributed by atoms with E-state index in [1.165, 1.54) is 12.1 Å². The van der Waals surface area contributed by atoms with E-state index >= 15 is 0 Å². The lowest BCUT2D eigenvalue weighted by atomic mass is 10.1.